The monoisotopic (exact) mass is 291 g/mol. The molecular weight excluding hydrogens is 278 g/mol. The Morgan fingerprint density at radius 3 is 2.83 bits per heavy atom. The van der Waals surface area contributed by atoms with E-state index >= 15 is 0 Å². The highest BCUT2D eigenvalue weighted by molar-refractivity contribution is 7.89. The van der Waals surface area contributed by atoms with E-state index in [9.17, 15) is 18.3 Å². The lowest BCUT2D eigenvalue weighted by atomic mass is 10.1. The van der Waals surface area contributed by atoms with Crippen LogP contribution in [0.1, 0.15) is 22.5 Å². The van der Waals surface area contributed by atoms with E-state index < -0.39 is 22.1 Å². The summed E-state index contributed by atoms with van der Waals surface area (Å²) in [6, 6.07) is 1.30. The maximum absolute atomic E-state index is 12.3. The van der Waals surface area contributed by atoms with Gasteiger partial charge in [0.15, 0.2) is 0 Å². The summed E-state index contributed by atoms with van der Waals surface area (Å²) in [7, 11) is -3.82. The highest BCUT2D eigenvalue weighted by Crippen LogP contribution is 2.27. The van der Waals surface area contributed by atoms with Crippen LogP contribution >= 0.6 is 11.3 Å². The van der Waals surface area contributed by atoms with Crippen LogP contribution in [0.4, 0.5) is 0 Å². The average molecular weight is 291 g/mol. The molecule has 2 N–H and O–H groups in total. The molecule has 1 saturated heterocycles. The molecule has 8 heteroatoms. The van der Waals surface area contributed by atoms with Crippen LogP contribution in [0.25, 0.3) is 0 Å². The SMILES string of the molecule is O=C(O)c1sccc1S(=O)(=O)N1CCCC(O)C1. The van der Waals surface area contributed by atoms with Crippen molar-refractivity contribution in [3.05, 3.63) is 16.3 Å². The second-order valence-corrected chi connectivity index (χ2v) is 6.90. The zero-order valence-corrected chi connectivity index (χ0v) is 11.1. The molecule has 0 radical (unpaired) electrons. The van der Waals surface area contributed by atoms with Crippen molar-refractivity contribution in [1.82, 2.24) is 4.31 Å². The molecule has 100 valence electrons. The standard InChI is InChI=1S/C10H13NO5S2/c12-7-2-1-4-11(6-7)18(15,16)8-3-5-17-9(8)10(13)14/h3,5,7,12H,1-2,4,6H2,(H,13,14). The summed E-state index contributed by atoms with van der Waals surface area (Å²) in [6.07, 6.45) is 0.467. The Morgan fingerprint density at radius 1 is 1.50 bits per heavy atom. The van der Waals surface area contributed by atoms with Crippen LogP contribution in [0.5, 0.6) is 0 Å². The zero-order chi connectivity index (χ0) is 13.3. The molecule has 0 aromatic carbocycles. The summed E-state index contributed by atoms with van der Waals surface area (Å²) >= 11 is 0.881. The normalized spacial score (nSPS) is 21.9. The largest absolute Gasteiger partial charge is 0.477 e. The number of hydrogen-bond donors (Lipinski definition) is 2. The predicted octanol–water partition coefficient (Wildman–Crippen LogP) is 0.592. The third kappa shape index (κ3) is 2.41. The minimum absolute atomic E-state index is 0.0250. The first-order chi connectivity index (χ1) is 8.43. The number of hydrogen-bond acceptors (Lipinski definition) is 5. The van der Waals surface area contributed by atoms with Crippen molar-refractivity contribution in [2.75, 3.05) is 13.1 Å². The van der Waals surface area contributed by atoms with Crippen LogP contribution in [0.3, 0.4) is 0 Å². The molecule has 1 atom stereocenters. The summed E-state index contributed by atoms with van der Waals surface area (Å²) in [4.78, 5) is 10.6. The van der Waals surface area contributed by atoms with E-state index in [1.54, 1.807) is 0 Å². The number of aliphatic hydroxyl groups is 1. The van der Waals surface area contributed by atoms with Gasteiger partial charge in [-0.25, -0.2) is 13.2 Å². The van der Waals surface area contributed by atoms with Crippen LogP contribution in [0.2, 0.25) is 0 Å². The fraction of sp³-hybridized carbons (Fsp3) is 0.500. The van der Waals surface area contributed by atoms with E-state index in [0.717, 1.165) is 15.6 Å². The van der Waals surface area contributed by atoms with Gasteiger partial charge in [-0.05, 0) is 24.3 Å². The molecule has 2 heterocycles. The van der Waals surface area contributed by atoms with Gasteiger partial charge in [-0.2, -0.15) is 4.31 Å². The van der Waals surface area contributed by atoms with Gasteiger partial charge in [0, 0.05) is 13.1 Å². The molecule has 0 saturated carbocycles. The molecule has 1 aliphatic rings. The molecule has 18 heavy (non-hydrogen) atoms. The zero-order valence-electron chi connectivity index (χ0n) is 9.44. The van der Waals surface area contributed by atoms with E-state index in [0.29, 0.717) is 19.4 Å². The third-order valence-corrected chi connectivity index (χ3v) is 5.74. The lowest BCUT2D eigenvalue weighted by molar-refractivity contribution is 0.0698. The second-order valence-electron chi connectivity index (χ2n) is 4.08. The van der Waals surface area contributed by atoms with E-state index in [4.69, 9.17) is 5.11 Å². The number of carbonyl (C=O) groups is 1. The highest BCUT2D eigenvalue weighted by Gasteiger charge is 2.33. The number of piperidine rings is 1. The molecule has 2 rings (SSSR count). The van der Waals surface area contributed by atoms with Gasteiger partial charge in [0.1, 0.15) is 9.77 Å². The van der Waals surface area contributed by atoms with Crippen molar-refractivity contribution in [1.29, 1.82) is 0 Å². The number of thiophene rings is 1. The van der Waals surface area contributed by atoms with E-state index in [-0.39, 0.29) is 16.3 Å². The summed E-state index contributed by atoms with van der Waals surface area (Å²) in [5, 5.41) is 19.9. The second kappa shape index (κ2) is 4.96. The van der Waals surface area contributed by atoms with Gasteiger partial charge in [-0.3, -0.25) is 0 Å². The molecule has 1 aliphatic heterocycles. The van der Waals surface area contributed by atoms with E-state index in [1.165, 1.54) is 11.4 Å². The van der Waals surface area contributed by atoms with Crippen LogP contribution in [0.15, 0.2) is 16.3 Å². The van der Waals surface area contributed by atoms with E-state index in [2.05, 4.69) is 0 Å². The summed E-state index contributed by atoms with van der Waals surface area (Å²) in [5.41, 5.74) is 0. The molecule has 1 aromatic rings. The number of sulfonamides is 1. The molecule has 6 nitrogen and oxygen atoms in total. The van der Waals surface area contributed by atoms with Gasteiger partial charge in [-0.1, -0.05) is 0 Å². The van der Waals surface area contributed by atoms with Gasteiger partial charge < -0.3 is 10.2 Å². The van der Waals surface area contributed by atoms with Crippen LogP contribution in [0, 0.1) is 0 Å². The first kappa shape index (κ1) is 13.5. The Morgan fingerprint density at radius 2 is 2.22 bits per heavy atom. The van der Waals surface area contributed by atoms with Crippen LogP contribution in [-0.4, -0.2) is 48.1 Å². The van der Waals surface area contributed by atoms with Crippen LogP contribution in [-0.2, 0) is 10.0 Å². The number of nitrogens with zero attached hydrogens (tertiary/aromatic N) is 1. The number of carboxylic acid groups (broad SMARTS) is 1. The van der Waals surface area contributed by atoms with Crippen molar-refractivity contribution in [2.45, 2.75) is 23.8 Å². The van der Waals surface area contributed by atoms with Crippen molar-refractivity contribution >= 4 is 27.3 Å². The van der Waals surface area contributed by atoms with Crippen LogP contribution < -0.4 is 0 Å². The predicted molar refractivity (Wildman–Crippen MR) is 65.3 cm³/mol. The molecule has 0 bridgehead atoms. The van der Waals surface area contributed by atoms with Crippen molar-refractivity contribution in [2.24, 2.45) is 0 Å². The molecule has 1 aromatic heterocycles. The fourth-order valence-corrected chi connectivity index (χ4v) is 4.68. The molecule has 1 unspecified atom stereocenters. The van der Waals surface area contributed by atoms with E-state index in [1.807, 2.05) is 0 Å². The average Bonchev–Trinajstić information content (AvgIpc) is 2.78. The Balaban J connectivity index is 2.36. The minimum Gasteiger partial charge on any atom is -0.477 e. The first-order valence-electron chi connectivity index (χ1n) is 5.42. The minimum atomic E-state index is -3.82. The number of aliphatic hydroxyl groups excluding tert-OH is 1. The Labute approximate surface area is 109 Å². The molecule has 1 fully saturated rings. The Hall–Kier alpha value is -0.960. The lowest BCUT2D eigenvalue weighted by Crippen LogP contribution is -2.42. The maximum Gasteiger partial charge on any atom is 0.347 e. The van der Waals surface area contributed by atoms with Gasteiger partial charge >= 0.3 is 5.97 Å². The number of carboxylic acids is 1. The van der Waals surface area contributed by atoms with Gasteiger partial charge in [-0.15, -0.1) is 11.3 Å². The topological polar surface area (TPSA) is 94.9 Å². The Bertz CT molecular complexity index is 550. The number of rotatable bonds is 3. The van der Waals surface area contributed by atoms with Gasteiger partial charge in [0.2, 0.25) is 10.0 Å². The summed E-state index contributed by atoms with van der Waals surface area (Å²) < 4.78 is 25.7. The number of aromatic carboxylic acids is 1. The van der Waals surface area contributed by atoms with Gasteiger partial charge in [0.25, 0.3) is 0 Å². The Kier molecular flexibility index (Phi) is 3.71. The molecule has 0 amide bonds. The van der Waals surface area contributed by atoms with Gasteiger partial charge in [0.05, 0.1) is 6.10 Å². The fourth-order valence-electron chi connectivity index (χ4n) is 1.93. The first-order valence-corrected chi connectivity index (χ1v) is 7.74. The maximum atomic E-state index is 12.3. The summed E-state index contributed by atoms with van der Waals surface area (Å²) in [5.74, 6) is -1.25. The third-order valence-electron chi connectivity index (χ3n) is 2.80. The number of β-amino-alcohol motifs (C(OH)–C–C–N with tert-alkyl or cyclic N) is 1. The molecule has 0 aliphatic carbocycles. The quantitative estimate of drug-likeness (QED) is 0.850. The smallest absolute Gasteiger partial charge is 0.347 e. The molecule has 0 spiro atoms. The summed E-state index contributed by atoms with van der Waals surface area (Å²) in [6.45, 7) is 0.339. The molecular formula is C10H13NO5S2. The van der Waals surface area contributed by atoms with Crippen molar-refractivity contribution in [3.8, 4) is 0 Å². The lowest BCUT2D eigenvalue weighted by Gasteiger charge is -2.29. The van der Waals surface area contributed by atoms with Crippen molar-refractivity contribution < 1.29 is 23.4 Å². The highest BCUT2D eigenvalue weighted by atomic mass is 32.2. The van der Waals surface area contributed by atoms with Crippen molar-refractivity contribution in [3.63, 3.8) is 0 Å².